The van der Waals surface area contributed by atoms with Crippen LogP contribution in [0.5, 0.6) is 0 Å². The summed E-state index contributed by atoms with van der Waals surface area (Å²) < 4.78 is 39.1. The van der Waals surface area contributed by atoms with E-state index in [4.69, 9.17) is 0 Å². The van der Waals surface area contributed by atoms with E-state index in [2.05, 4.69) is 16.0 Å². The quantitative estimate of drug-likeness (QED) is 0.636. The molecule has 0 atom stereocenters. The van der Waals surface area contributed by atoms with Gasteiger partial charge in [-0.15, -0.1) is 11.3 Å². The number of carbonyl (C=O) groups is 1. The summed E-state index contributed by atoms with van der Waals surface area (Å²) in [6.07, 6.45) is -4.24. The van der Waals surface area contributed by atoms with Crippen LogP contribution in [-0.4, -0.2) is 46.9 Å². The average Bonchev–Trinajstić information content (AvgIpc) is 3.10. The van der Waals surface area contributed by atoms with Gasteiger partial charge >= 0.3 is 6.18 Å². The van der Waals surface area contributed by atoms with Gasteiger partial charge in [0.1, 0.15) is 5.01 Å². The van der Waals surface area contributed by atoms with Crippen LogP contribution in [0, 0.1) is 0 Å². The van der Waals surface area contributed by atoms with Crippen LogP contribution in [-0.2, 0) is 23.9 Å². The van der Waals surface area contributed by atoms with E-state index in [9.17, 15) is 18.0 Å². The minimum atomic E-state index is -4.36. The standard InChI is InChI=1S/C21H20F3N3OS/c22-21(23,24)16-7-5-15(6-8-16)13-20(28)27-11-9-26(10-12-27)14-19-25-17-3-1-2-4-18(17)29-19/h1-8H,9-14H2. The number of fused-ring (bicyclic) bond motifs is 1. The van der Waals surface area contributed by atoms with Gasteiger partial charge in [0, 0.05) is 26.2 Å². The molecule has 8 heteroatoms. The van der Waals surface area contributed by atoms with E-state index in [0.717, 1.165) is 42.3 Å². The van der Waals surface area contributed by atoms with E-state index in [1.165, 1.54) is 16.8 Å². The largest absolute Gasteiger partial charge is 0.416 e. The fourth-order valence-electron chi connectivity index (χ4n) is 3.43. The highest BCUT2D eigenvalue weighted by Crippen LogP contribution is 2.29. The summed E-state index contributed by atoms with van der Waals surface area (Å²) in [4.78, 5) is 21.2. The Morgan fingerprint density at radius 1 is 1.00 bits per heavy atom. The van der Waals surface area contributed by atoms with Crippen molar-refractivity contribution in [1.29, 1.82) is 0 Å². The normalized spacial score (nSPS) is 15.8. The molecule has 4 nitrogen and oxygen atoms in total. The van der Waals surface area contributed by atoms with Crippen molar-refractivity contribution in [3.63, 3.8) is 0 Å². The predicted molar refractivity (Wildman–Crippen MR) is 107 cm³/mol. The van der Waals surface area contributed by atoms with Crippen LogP contribution < -0.4 is 0 Å². The van der Waals surface area contributed by atoms with E-state index in [-0.39, 0.29) is 12.3 Å². The second-order valence-corrected chi connectivity index (χ2v) is 8.22. The number of piperazine rings is 1. The van der Waals surface area contributed by atoms with E-state index in [1.54, 1.807) is 16.2 Å². The molecule has 0 spiro atoms. The zero-order valence-electron chi connectivity index (χ0n) is 15.7. The summed E-state index contributed by atoms with van der Waals surface area (Å²) in [5.74, 6) is -0.0515. The number of rotatable bonds is 4. The molecule has 1 aliphatic heterocycles. The Morgan fingerprint density at radius 2 is 1.69 bits per heavy atom. The molecular weight excluding hydrogens is 399 g/mol. The summed E-state index contributed by atoms with van der Waals surface area (Å²) in [6, 6.07) is 12.9. The third kappa shape index (κ3) is 4.76. The Kier molecular flexibility index (Phi) is 5.56. The van der Waals surface area contributed by atoms with E-state index >= 15 is 0 Å². The minimum absolute atomic E-state index is 0.0515. The lowest BCUT2D eigenvalue weighted by molar-refractivity contribution is -0.137. The number of para-hydroxylation sites is 1. The first kappa shape index (κ1) is 19.8. The Hall–Kier alpha value is -2.45. The van der Waals surface area contributed by atoms with Crippen molar-refractivity contribution in [2.24, 2.45) is 0 Å². The molecule has 1 saturated heterocycles. The SMILES string of the molecule is O=C(Cc1ccc(C(F)(F)F)cc1)N1CCN(Cc2nc3ccccc3s2)CC1. The number of carbonyl (C=O) groups excluding carboxylic acids is 1. The first-order valence-corrected chi connectivity index (χ1v) is 10.2. The fraction of sp³-hybridized carbons (Fsp3) is 0.333. The molecule has 2 heterocycles. The van der Waals surface area contributed by atoms with Crippen LogP contribution in [0.25, 0.3) is 10.2 Å². The lowest BCUT2D eigenvalue weighted by Crippen LogP contribution is -2.48. The van der Waals surface area contributed by atoms with Crippen LogP contribution >= 0.6 is 11.3 Å². The highest BCUT2D eigenvalue weighted by molar-refractivity contribution is 7.18. The summed E-state index contributed by atoms with van der Waals surface area (Å²) in [5.41, 5.74) is 0.912. The van der Waals surface area contributed by atoms with Gasteiger partial charge in [-0.2, -0.15) is 13.2 Å². The van der Waals surface area contributed by atoms with Crippen molar-refractivity contribution in [2.75, 3.05) is 26.2 Å². The third-order valence-corrected chi connectivity index (χ3v) is 6.08. The molecule has 1 amide bonds. The highest BCUT2D eigenvalue weighted by atomic mass is 32.1. The van der Waals surface area contributed by atoms with Crippen molar-refractivity contribution in [2.45, 2.75) is 19.1 Å². The summed E-state index contributed by atoms with van der Waals surface area (Å²) in [5, 5.41) is 1.07. The Morgan fingerprint density at radius 3 is 2.34 bits per heavy atom. The minimum Gasteiger partial charge on any atom is -0.340 e. The topological polar surface area (TPSA) is 36.4 Å². The van der Waals surface area contributed by atoms with E-state index < -0.39 is 11.7 Å². The number of amides is 1. The molecule has 4 rings (SSSR count). The molecule has 0 unspecified atom stereocenters. The van der Waals surface area contributed by atoms with Gasteiger partial charge in [0.25, 0.3) is 0 Å². The lowest BCUT2D eigenvalue weighted by Gasteiger charge is -2.34. The number of thiazole rings is 1. The molecule has 1 fully saturated rings. The second-order valence-electron chi connectivity index (χ2n) is 7.10. The molecule has 0 aliphatic carbocycles. The van der Waals surface area contributed by atoms with Gasteiger partial charge in [-0.05, 0) is 29.8 Å². The highest BCUT2D eigenvalue weighted by Gasteiger charge is 2.30. The average molecular weight is 419 g/mol. The maximum absolute atomic E-state index is 12.6. The molecule has 0 bridgehead atoms. The summed E-state index contributed by atoms with van der Waals surface area (Å²) in [6.45, 7) is 3.51. The molecule has 2 aromatic carbocycles. The van der Waals surface area contributed by atoms with Crippen LogP contribution in [0.4, 0.5) is 13.2 Å². The van der Waals surface area contributed by atoms with E-state index in [1.807, 2.05) is 18.2 Å². The van der Waals surface area contributed by atoms with Gasteiger partial charge in [0.2, 0.25) is 5.91 Å². The summed E-state index contributed by atoms with van der Waals surface area (Å²) >= 11 is 1.69. The predicted octanol–water partition coefficient (Wildman–Crippen LogP) is 4.20. The Bertz CT molecular complexity index is 959. The Balaban J connectivity index is 1.29. The number of alkyl halides is 3. The van der Waals surface area contributed by atoms with Gasteiger partial charge < -0.3 is 4.90 Å². The van der Waals surface area contributed by atoms with Gasteiger partial charge in [0.05, 0.1) is 28.7 Å². The monoisotopic (exact) mass is 419 g/mol. The smallest absolute Gasteiger partial charge is 0.340 e. The fourth-order valence-corrected chi connectivity index (χ4v) is 4.44. The maximum Gasteiger partial charge on any atom is 0.416 e. The van der Waals surface area contributed by atoms with Crippen molar-refractivity contribution in [1.82, 2.24) is 14.8 Å². The number of halogens is 3. The molecule has 29 heavy (non-hydrogen) atoms. The molecular formula is C21H20F3N3OS. The van der Waals surface area contributed by atoms with Gasteiger partial charge in [-0.3, -0.25) is 9.69 Å². The van der Waals surface area contributed by atoms with Crippen molar-refractivity contribution in [3.8, 4) is 0 Å². The number of nitrogens with zero attached hydrogens (tertiary/aromatic N) is 3. The molecule has 0 radical (unpaired) electrons. The van der Waals surface area contributed by atoms with Crippen LogP contribution in [0.15, 0.2) is 48.5 Å². The van der Waals surface area contributed by atoms with Gasteiger partial charge in [-0.1, -0.05) is 24.3 Å². The first-order valence-electron chi connectivity index (χ1n) is 9.39. The zero-order valence-corrected chi connectivity index (χ0v) is 16.5. The molecule has 1 aliphatic rings. The van der Waals surface area contributed by atoms with Crippen LogP contribution in [0.1, 0.15) is 16.1 Å². The van der Waals surface area contributed by atoms with E-state index in [0.29, 0.717) is 18.7 Å². The Labute approximate surface area is 170 Å². The van der Waals surface area contributed by atoms with Gasteiger partial charge in [-0.25, -0.2) is 4.98 Å². The van der Waals surface area contributed by atoms with Crippen molar-refractivity contribution < 1.29 is 18.0 Å². The number of hydrogen-bond donors (Lipinski definition) is 0. The number of hydrogen-bond acceptors (Lipinski definition) is 4. The first-order chi connectivity index (χ1) is 13.9. The number of benzene rings is 2. The molecule has 1 aromatic heterocycles. The second kappa shape index (κ2) is 8.12. The molecule has 3 aromatic rings. The van der Waals surface area contributed by atoms with Crippen molar-refractivity contribution in [3.05, 3.63) is 64.7 Å². The molecule has 152 valence electrons. The molecule has 0 N–H and O–H groups in total. The zero-order chi connectivity index (χ0) is 20.4. The summed E-state index contributed by atoms with van der Waals surface area (Å²) in [7, 11) is 0. The third-order valence-electron chi connectivity index (χ3n) is 5.06. The number of aromatic nitrogens is 1. The van der Waals surface area contributed by atoms with Gasteiger partial charge in [0.15, 0.2) is 0 Å². The van der Waals surface area contributed by atoms with Crippen molar-refractivity contribution >= 4 is 27.5 Å². The molecule has 0 saturated carbocycles. The maximum atomic E-state index is 12.6. The van der Waals surface area contributed by atoms with Crippen LogP contribution in [0.3, 0.4) is 0 Å². The lowest BCUT2D eigenvalue weighted by atomic mass is 10.1. The van der Waals surface area contributed by atoms with Crippen LogP contribution in [0.2, 0.25) is 0 Å².